The van der Waals surface area contributed by atoms with Crippen LogP contribution in [0.4, 0.5) is 0 Å². The van der Waals surface area contributed by atoms with Crippen LogP contribution < -0.4 is 10.1 Å². The van der Waals surface area contributed by atoms with E-state index < -0.39 is 10.0 Å². The van der Waals surface area contributed by atoms with Gasteiger partial charge in [-0.1, -0.05) is 0 Å². The van der Waals surface area contributed by atoms with Crippen LogP contribution in [0.3, 0.4) is 0 Å². The van der Waals surface area contributed by atoms with Crippen LogP contribution in [0, 0.1) is 0 Å². The van der Waals surface area contributed by atoms with Crippen molar-refractivity contribution in [2.45, 2.75) is 29.7 Å². The molecule has 2 aliphatic rings. The first kappa shape index (κ1) is 18.2. The van der Waals surface area contributed by atoms with Crippen LogP contribution in [-0.2, 0) is 14.8 Å². The Morgan fingerprint density at radius 3 is 2.56 bits per heavy atom. The second-order valence-electron chi connectivity index (χ2n) is 6.76. The van der Waals surface area contributed by atoms with Gasteiger partial charge in [0.15, 0.2) is 0 Å². The van der Waals surface area contributed by atoms with E-state index in [1.807, 2.05) is 7.05 Å². The third kappa shape index (κ3) is 3.51. The molecular weight excluding hydrogens is 342 g/mol. The second kappa shape index (κ2) is 6.93. The summed E-state index contributed by atoms with van der Waals surface area (Å²) in [6.45, 7) is 2.10. The summed E-state index contributed by atoms with van der Waals surface area (Å²) in [7, 11) is 0.00623. The normalized spacial score (nSPS) is 26.2. The van der Waals surface area contributed by atoms with Crippen molar-refractivity contribution in [3.63, 3.8) is 0 Å². The van der Waals surface area contributed by atoms with Gasteiger partial charge in [0.25, 0.3) is 0 Å². The average Bonchev–Trinajstić information content (AvgIpc) is 2.80. The number of nitrogens with zero attached hydrogens (tertiary/aromatic N) is 2. The van der Waals surface area contributed by atoms with Crippen molar-refractivity contribution in [3.05, 3.63) is 24.3 Å². The van der Waals surface area contributed by atoms with Crippen molar-refractivity contribution >= 4 is 15.9 Å². The number of likely N-dealkylation sites (N-methyl/N-ethyl adjacent to an activating group) is 1. The molecule has 0 aromatic heterocycles. The summed E-state index contributed by atoms with van der Waals surface area (Å²) in [6, 6.07) is 6.48. The highest BCUT2D eigenvalue weighted by atomic mass is 32.2. The molecule has 2 saturated heterocycles. The molecule has 0 radical (unpaired) electrons. The van der Waals surface area contributed by atoms with E-state index in [0.717, 1.165) is 6.42 Å². The minimum atomic E-state index is -3.57. The SMILES string of the molecule is COc1ccc(S(=O)(=O)N2CCN(C)[C@]3(CCNC(=O)CC3)C2)cc1. The highest BCUT2D eigenvalue weighted by Gasteiger charge is 2.44. The third-order valence-electron chi connectivity index (χ3n) is 5.39. The number of hydrogen-bond donors (Lipinski definition) is 1. The van der Waals surface area contributed by atoms with Gasteiger partial charge in [0.2, 0.25) is 15.9 Å². The van der Waals surface area contributed by atoms with Crippen molar-refractivity contribution in [1.82, 2.24) is 14.5 Å². The fraction of sp³-hybridized carbons (Fsp3) is 0.588. The maximum atomic E-state index is 13.1. The van der Waals surface area contributed by atoms with Gasteiger partial charge in [-0.2, -0.15) is 4.31 Å². The molecule has 8 heteroatoms. The smallest absolute Gasteiger partial charge is 0.243 e. The molecule has 1 spiro atoms. The Hall–Kier alpha value is -1.64. The summed E-state index contributed by atoms with van der Waals surface area (Å²) in [6.07, 6.45) is 1.86. The summed E-state index contributed by atoms with van der Waals surface area (Å²) >= 11 is 0. The van der Waals surface area contributed by atoms with Crippen molar-refractivity contribution in [3.8, 4) is 5.75 Å². The Morgan fingerprint density at radius 2 is 1.88 bits per heavy atom. The van der Waals surface area contributed by atoms with Crippen molar-refractivity contribution < 1.29 is 17.9 Å². The van der Waals surface area contributed by atoms with E-state index in [1.165, 1.54) is 0 Å². The highest BCUT2D eigenvalue weighted by Crippen LogP contribution is 2.33. The number of methoxy groups -OCH3 is 1. The van der Waals surface area contributed by atoms with Crippen LogP contribution in [0.1, 0.15) is 19.3 Å². The van der Waals surface area contributed by atoms with Crippen LogP contribution in [0.25, 0.3) is 0 Å². The van der Waals surface area contributed by atoms with Crippen LogP contribution >= 0.6 is 0 Å². The minimum absolute atomic E-state index is 0.0420. The molecule has 0 unspecified atom stereocenters. The van der Waals surface area contributed by atoms with E-state index >= 15 is 0 Å². The Morgan fingerprint density at radius 1 is 1.16 bits per heavy atom. The maximum Gasteiger partial charge on any atom is 0.243 e. The van der Waals surface area contributed by atoms with Crippen molar-refractivity contribution in [2.24, 2.45) is 0 Å². The van der Waals surface area contributed by atoms with Gasteiger partial charge in [0.05, 0.1) is 12.0 Å². The number of ether oxygens (including phenoxy) is 1. The summed E-state index contributed by atoms with van der Waals surface area (Å²) < 4.78 is 32.8. The molecule has 2 heterocycles. The molecule has 1 N–H and O–H groups in total. The van der Waals surface area contributed by atoms with Crippen LogP contribution in [-0.4, -0.2) is 69.4 Å². The number of amides is 1. The molecule has 2 fully saturated rings. The quantitative estimate of drug-likeness (QED) is 0.850. The molecule has 3 rings (SSSR count). The molecular formula is C17H25N3O4S. The first-order chi connectivity index (χ1) is 11.9. The number of sulfonamides is 1. The lowest BCUT2D eigenvalue weighted by atomic mass is 9.87. The topological polar surface area (TPSA) is 79.0 Å². The van der Waals surface area contributed by atoms with Gasteiger partial charge < -0.3 is 10.1 Å². The summed E-state index contributed by atoms with van der Waals surface area (Å²) in [5.74, 6) is 0.669. The van der Waals surface area contributed by atoms with E-state index in [4.69, 9.17) is 4.74 Å². The number of carbonyl (C=O) groups excluding carboxylic acids is 1. The molecule has 7 nitrogen and oxygen atoms in total. The average molecular weight is 367 g/mol. The Kier molecular flexibility index (Phi) is 5.04. The van der Waals surface area contributed by atoms with E-state index in [0.29, 0.717) is 44.8 Å². The van der Waals surface area contributed by atoms with E-state index in [2.05, 4.69) is 10.2 Å². The molecule has 0 bridgehead atoms. The molecule has 1 atom stereocenters. The minimum Gasteiger partial charge on any atom is -0.497 e. The maximum absolute atomic E-state index is 13.1. The van der Waals surface area contributed by atoms with Gasteiger partial charge in [-0.25, -0.2) is 8.42 Å². The molecule has 0 aliphatic carbocycles. The van der Waals surface area contributed by atoms with Crippen molar-refractivity contribution in [2.75, 3.05) is 40.3 Å². The number of hydrogen-bond acceptors (Lipinski definition) is 5. The summed E-state index contributed by atoms with van der Waals surface area (Å²) in [4.78, 5) is 14.2. The first-order valence-corrected chi connectivity index (χ1v) is 9.94. The zero-order valence-corrected chi connectivity index (χ0v) is 15.5. The molecule has 1 amide bonds. The van der Waals surface area contributed by atoms with E-state index in [1.54, 1.807) is 35.7 Å². The van der Waals surface area contributed by atoms with Crippen LogP contribution in [0.15, 0.2) is 29.2 Å². The second-order valence-corrected chi connectivity index (χ2v) is 8.70. The standard InChI is InChI=1S/C17H25N3O4S/c1-19-11-12-20(13-17(19)8-7-16(21)18-10-9-17)25(22,23)15-5-3-14(24-2)4-6-15/h3-6H,7-13H2,1-2H3,(H,18,21)/t17-/m1/s1. The Balaban J connectivity index is 1.85. The highest BCUT2D eigenvalue weighted by molar-refractivity contribution is 7.89. The molecule has 0 saturated carbocycles. The molecule has 25 heavy (non-hydrogen) atoms. The van der Waals surface area contributed by atoms with Gasteiger partial charge in [-0.05, 0) is 44.2 Å². The third-order valence-corrected chi connectivity index (χ3v) is 7.25. The largest absolute Gasteiger partial charge is 0.497 e. The predicted octanol–water partition coefficient (Wildman–Crippen LogP) is 0.670. The zero-order chi connectivity index (χ0) is 18.1. The molecule has 2 aliphatic heterocycles. The predicted molar refractivity (Wildman–Crippen MR) is 94.0 cm³/mol. The molecule has 138 valence electrons. The van der Waals surface area contributed by atoms with Gasteiger partial charge in [0.1, 0.15) is 5.75 Å². The number of carbonyl (C=O) groups is 1. The van der Waals surface area contributed by atoms with E-state index in [9.17, 15) is 13.2 Å². The Labute approximate surface area is 149 Å². The lowest BCUT2D eigenvalue weighted by Crippen LogP contribution is -2.62. The lowest BCUT2D eigenvalue weighted by molar-refractivity contribution is -0.121. The van der Waals surface area contributed by atoms with E-state index in [-0.39, 0.29) is 16.3 Å². The van der Waals surface area contributed by atoms with Gasteiger partial charge in [-0.3, -0.25) is 9.69 Å². The van der Waals surface area contributed by atoms with Gasteiger partial charge >= 0.3 is 0 Å². The van der Waals surface area contributed by atoms with Crippen LogP contribution in [0.5, 0.6) is 5.75 Å². The van der Waals surface area contributed by atoms with Gasteiger partial charge in [0, 0.05) is 38.1 Å². The number of rotatable bonds is 3. The number of piperazine rings is 1. The lowest BCUT2D eigenvalue weighted by Gasteiger charge is -2.48. The summed E-state index contributed by atoms with van der Waals surface area (Å²) in [5.41, 5.74) is -0.295. The molecule has 1 aromatic carbocycles. The number of benzene rings is 1. The fourth-order valence-electron chi connectivity index (χ4n) is 3.66. The fourth-order valence-corrected chi connectivity index (χ4v) is 5.17. The zero-order valence-electron chi connectivity index (χ0n) is 14.7. The van der Waals surface area contributed by atoms with Crippen molar-refractivity contribution in [1.29, 1.82) is 0 Å². The Bertz CT molecular complexity index is 735. The monoisotopic (exact) mass is 367 g/mol. The summed E-state index contributed by atoms with van der Waals surface area (Å²) in [5, 5.41) is 2.89. The number of nitrogens with one attached hydrogen (secondary N) is 1. The van der Waals surface area contributed by atoms with Gasteiger partial charge in [-0.15, -0.1) is 0 Å². The first-order valence-electron chi connectivity index (χ1n) is 8.50. The molecule has 1 aromatic rings. The van der Waals surface area contributed by atoms with Crippen LogP contribution in [0.2, 0.25) is 0 Å².